The molecule has 6 nitrogen and oxygen atoms in total. The molecule has 1 N–H and O–H groups in total. The predicted molar refractivity (Wildman–Crippen MR) is 129 cm³/mol. The van der Waals surface area contributed by atoms with Gasteiger partial charge in [0.2, 0.25) is 5.91 Å². The highest BCUT2D eigenvalue weighted by molar-refractivity contribution is 7.99. The van der Waals surface area contributed by atoms with Crippen molar-refractivity contribution in [2.75, 3.05) is 18.9 Å². The summed E-state index contributed by atoms with van der Waals surface area (Å²) in [5.41, 5.74) is 4.14. The summed E-state index contributed by atoms with van der Waals surface area (Å²) in [6, 6.07) is 6.07. The van der Waals surface area contributed by atoms with Crippen molar-refractivity contribution in [3.8, 4) is 5.69 Å². The molecule has 1 amide bonds. The largest absolute Gasteiger partial charge is 0.376 e. The van der Waals surface area contributed by atoms with Crippen LogP contribution < -0.4 is 10.9 Å². The molecule has 5 rings (SSSR count). The molecule has 0 saturated carbocycles. The van der Waals surface area contributed by atoms with Gasteiger partial charge >= 0.3 is 0 Å². The quantitative estimate of drug-likeness (QED) is 0.437. The zero-order valence-corrected chi connectivity index (χ0v) is 20.0. The molecular weight excluding hydrogens is 442 g/mol. The van der Waals surface area contributed by atoms with Crippen LogP contribution in [0.5, 0.6) is 0 Å². The summed E-state index contributed by atoms with van der Waals surface area (Å²) in [5.74, 6) is 0.140. The molecule has 1 aliphatic heterocycles. The molecule has 2 aliphatic rings. The maximum Gasteiger partial charge on any atom is 0.267 e. The summed E-state index contributed by atoms with van der Waals surface area (Å²) < 4.78 is 7.29. The minimum absolute atomic E-state index is 0.0244. The molecule has 8 heteroatoms. The van der Waals surface area contributed by atoms with E-state index in [9.17, 15) is 9.59 Å². The van der Waals surface area contributed by atoms with E-state index in [2.05, 4.69) is 11.4 Å². The fraction of sp³-hybridized carbons (Fsp3) is 0.458. The number of carbonyl (C=O) groups is 1. The highest BCUT2D eigenvalue weighted by atomic mass is 32.2. The van der Waals surface area contributed by atoms with Crippen LogP contribution in [-0.2, 0) is 22.4 Å². The van der Waals surface area contributed by atoms with E-state index in [1.165, 1.54) is 22.2 Å². The second kappa shape index (κ2) is 9.00. The Balaban J connectivity index is 1.49. The summed E-state index contributed by atoms with van der Waals surface area (Å²) in [4.78, 5) is 33.2. The van der Waals surface area contributed by atoms with E-state index in [-0.39, 0.29) is 23.3 Å². The fourth-order valence-electron chi connectivity index (χ4n) is 4.60. The van der Waals surface area contributed by atoms with Gasteiger partial charge in [-0.1, -0.05) is 29.5 Å². The van der Waals surface area contributed by atoms with E-state index >= 15 is 0 Å². The molecule has 168 valence electrons. The minimum Gasteiger partial charge on any atom is -0.376 e. The Morgan fingerprint density at radius 2 is 2.19 bits per heavy atom. The van der Waals surface area contributed by atoms with Gasteiger partial charge in [0, 0.05) is 18.0 Å². The molecule has 0 spiro atoms. The van der Waals surface area contributed by atoms with Gasteiger partial charge in [0.25, 0.3) is 5.56 Å². The lowest BCUT2D eigenvalue weighted by molar-refractivity contribution is -0.119. The van der Waals surface area contributed by atoms with Crippen LogP contribution in [0.3, 0.4) is 0 Å². The van der Waals surface area contributed by atoms with Crippen LogP contribution in [-0.4, -0.2) is 40.5 Å². The monoisotopic (exact) mass is 469 g/mol. The number of rotatable bonds is 6. The maximum atomic E-state index is 13.8. The second-order valence-corrected chi connectivity index (χ2v) is 10.6. The lowest BCUT2D eigenvalue weighted by Crippen LogP contribution is -2.33. The van der Waals surface area contributed by atoms with E-state index < -0.39 is 0 Å². The van der Waals surface area contributed by atoms with Gasteiger partial charge in [0.1, 0.15) is 4.83 Å². The fourth-order valence-corrected chi connectivity index (χ4v) is 6.74. The molecule has 0 bridgehead atoms. The third-order valence-electron chi connectivity index (χ3n) is 6.18. The van der Waals surface area contributed by atoms with E-state index in [0.29, 0.717) is 11.7 Å². The highest BCUT2D eigenvalue weighted by Gasteiger charge is 2.25. The van der Waals surface area contributed by atoms with E-state index in [0.717, 1.165) is 65.7 Å². The van der Waals surface area contributed by atoms with Crippen LogP contribution in [0.15, 0.2) is 28.2 Å². The van der Waals surface area contributed by atoms with Crippen molar-refractivity contribution in [2.24, 2.45) is 0 Å². The lowest BCUT2D eigenvalue weighted by Gasteiger charge is -2.15. The average molecular weight is 470 g/mol. The molecule has 1 aliphatic carbocycles. The van der Waals surface area contributed by atoms with Crippen molar-refractivity contribution < 1.29 is 9.53 Å². The smallest absolute Gasteiger partial charge is 0.267 e. The number of hydrogen-bond donors (Lipinski definition) is 1. The summed E-state index contributed by atoms with van der Waals surface area (Å²) in [6.45, 7) is 5.36. The van der Waals surface area contributed by atoms with Gasteiger partial charge in [-0.2, -0.15) is 0 Å². The zero-order valence-electron chi connectivity index (χ0n) is 18.4. The van der Waals surface area contributed by atoms with Gasteiger partial charge in [-0.05, 0) is 63.1 Å². The third-order valence-corrected chi connectivity index (χ3v) is 8.31. The average Bonchev–Trinajstić information content (AvgIpc) is 3.49. The Kier molecular flexibility index (Phi) is 6.09. The molecule has 3 aromatic rings. The van der Waals surface area contributed by atoms with Gasteiger partial charge in [-0.15, -0.1) is 11.3 Å². The van der Waals surface area contributed by atoms with Crippen LogP contribution in [0.1, 0.15) is 40.8 Å². The number of ether oxygens (including phenoxy) is 1. The maximum absolute atomic E-state index is 13.8. The summed E-state index contributed by atoms with van der Waals surface area (Å²) in [6.07, 6.45) is 5.21. The van der Waals surface area contributed by atoms with E-state index in [1.807, 2.05) is 26.0 Å². The molecule has 2 aromatic heterocycles. The number of aryl methyl sites for hydroxylation is 4. The van der Waals surface area contributed by atoms with Gasteiger partial charge in [-0.25, -0.2) is 4.98 Å². The Morgan fingerprint density at radius 3 is 2.97 bits per heavy atom. The van der Waals surface area contributed by atoms with Crippen molar-refractivity contribution >= 4 is 39.2 Å². The number of thioether (sulfide) groups is 1. The number of aromatic nitrogens is 2. The summed E-state index contributed by atoms with van der Waals surface area (Å²) in [7, 11) is 0. The summed E-state index contributed by atoms with van der Waals surface area (Å²) in [5, 5.41) is 4.29. The molecule has 1 fully saturated rings. The number of amides is 1. The topological polar surface area (TPSA) is 73.2 Å². The Labute approximate surface area is 195 Å². The normalized spacial score (nSPS) is 17.8. The van der Waals surface area contributed by atoms with Crippen molar-refractivity contribution in [3.05, 3.63) is 50.1 Å². The van der Waals surface area contributed by atoms with Crippen molar-refractivity contribution in [1.82, 2.24) is 14.9 Å². The van der Waals surface area contributed by atoms with Gasteiger partial charge < -0.3 is 10.1 Å². The first-order chi connectivity index (χ1) is 15.5. The highest BCUT2D eigenvalue weighted by Crippen LogP contribution is 2.36. The van der Waals surface area contributed by atoms with Crippen LogP contribution in [0.4, 0.5) is 0 Å². The molecule has 1 unspecified atom stereocenters. The molecule has 32 heavy (non-hydrogen) atoms. The Bertz CT molecular complexity index is 1240. The van der Waals surface area contributed by atoms with Crippen molar-refractivity contribution in [2.45, 2.75) is 57.2 Å². The standard InChI is InChI=1S/C24H27N3O3S2/c1-14-8-9-18(15(2)11-14)27-23(29)21-17-6-3-7-19(17)32-22(21)26-24(27)31-13-20(28)25-12-16-5-4-10-30-16/h8-9,11,16H,3-7,10,12-13H2,1-2H3,(H,25,28). The predicted octanol–water partition coefficient (Wildman–Crippen LogP) is 3.94. The number of fused-ring (bicyclic) bond motifs is 3. The Morgan fingerprint density at radius 1 is 1.31 bits per heavy atom. The first-order valence-electron chi connectivity index (χ1n) is 11.2. The number of carbonyl (C=O) groups excluding carboxylic acids is 1. The van der Waals surface area contributed by atoms with Crippen molar-refractivity contribution in [3.63, 3.8) is 0 Å². The second-order valence-electron chi connectivity index (χ2n) is 8.59. The first-order valence-corrected chi connectivity index (χ1v) is 13.0. The molecule has 1 aromatic carbocycles. The number of nitrogens with one attached hydrogen (secondary N) is 1. The Hall–Kier alpha value is -2.16. The van der Waals surface area contributed by atoms with Crippen LogP contribution >= 0.6 is 23.1 Å². The molecular formula is C24H27N3O3S2. The number of thiophene rings is 1. The number of hydrogen-bond acceptors (Lipinski definition) is 6. The number of benzene rings is 1. The van der Waals surface area contributed by atoms with E-state index in [1.54, 1.807) is 15.9 Å². The van der Waals surface area contributed by atoms with Crippen LogP contribution in [0.2, 0.25) is 0 Å². The number of nitrogens with zero attached hydrogens (tertiary/aromatic N) is 2. The molecule has 0 radical (unpaired) electrons. The first kappa shape index (κ1) is 21.7. The SMILES string of the molecule is Cc1ccc(-n2c(SCC(=O)NCC3CCCO3)nc3sc4c(c3c2=O)CCC4)c(C)c1. The van der Waals surface area contributed by atoms with Gasteiger partial charge in [0.15, 0.2) is 5.16 Å². The molecule has 1 atom stereocenters. The van der Waals surface area contributed by atoms with Gasteiger partial charge in [-0.3, -0.25) is 14.2 Å². The van der Waals surface area contributed by atoms with E-state index in [4.69, 9.17) is 9.72 Å². The molecule has 1 saturated heterocycles. The molecule has 3 heterocycles. The minimum atomic E-state index is -0.0688. The van der Waals surface area contributed by atoms with Gasteiger partial charge in [0.05, 0.1) is 22.9 Å². The lowest BCUT2D eigenvalue weighted by atomic mass is 10.1. The van der Waals surface area contributed by atoms with Crippen LogP contribution in [0, 0.1) is 13.8 Å². The van der Waals surface area contributed by atoms with Crippen LogP contribution in [0.25, 0.3) is 15.9 Å². The third kappa shape index (κ3) is 4.11. The zero-order chi connectivity index (χ0) is 22.2. The van der Waals surface area contributed by atoms with Crippen molar-refractivity contribution in [1.29, 1.82) is 0 Å². The summed E-state index contributed by atoms with van der Waals surface area (Å²) >= 11 is 2.95.